The molecule has 1 saturated heterocycles. The standard InChI is InChI=1S/C16H22ClNO3/c1-4-13-9-12(5-6-21-13)18-15-8-11(17)7-14(10(15)2)16(19)20-3/h7-8,12-13,18H,4-6,9H2,1-3H3. The topological polar surface area (TPSA) is 47.6 Å². The summed E-state index contributed by atoms with van der Waals surface area (Å²) in [6.45, 7) is 4.80. The molecule has 1 heterocycles. The van der Waals surface area contributed by atoms with Crippen molar-refractivity contribution in [2.75, 3.05) is 19.0 Å². The molecule has 0 amide bonds. The quantitative estimate of drug-likeness (QED) is 0.859. The molecule has 0 bridgehead atoms. The molecule has 1 fully saturated rings. The average molecular weight is 312 g/mol. The summed E-state index contributed by atoms with van der Waals surface area (Å²) in [5.74, 6) is -0.364. The summed E-state index contributed by atoms with van der Waals surface area (Å²) < 4.78 is 10.5. The lowest BCUT2D eigenvalue weighted by Gasteiger charge is -2.31. The minimum absolute atomic E-state index is 0.302. The van der Waals surface area contributed by atoms with Gasteiger partial charge in [0.1, 0.15) is 0 Å². The maximum Gasteiger partial charge on any atom is 0.338 e. The molecule has 0 saturated carbocycles. The molecular formula is C16H22ClNO3. The van der Waals surface area contributed by atoms with Gasteiger partial charge in [-0.25, -0.2) is 4.79 Å². The van der Waals surface area contributed by atoms with Gasteiger partial charge in [-0.15, -0.1) is 0 Å². The second-order valence-electron chi connectivity index (χ2n) is 5.38. The molecule has 1 aliphatic heterocycles. The van der Waals surface area contributed by atoms with E-state index >= 15 is 0 Å². The predicted octanol–water partition coefficient (Wildman–Crippen LogP) is 3.80. The van der Waals surface area contributed by atoms with Crippen LogP contribution in [0.3, 0.4) is 0 Å². The van der Waals surface area contributed by atoms with Crippen LogP contribution >= 0.6 is 11.6 Å². The van der Waals surface area contributed by atoms with Crippen LogP contribution < -0.4 is 5.32 Å². The highest BCUT2D eigenvalue weighted by atomic mass is 35.5. The summed E-state index contributed by atoms with van der Waals surface area (Å²) in [5, 5.41) is 4.03. The first-order valence-electron chi connectivity index (χ1n) is 7.31. The number of methoxy groups -OCH3 is 1. The third-order valence-electron chi connectivity index (χ3n) is 3.96. The highest BCUT2D eigenvalue weighted by molar-refractivity contribution is 6.31. The number of benzene rings is 1. The molecule has 21 heavy (non-hydrogen) atoms. The van der Waals surface area contributed by atoms with Crippen LogP contribution in [0.15, 0.2) is 12.1 Å². The van der Waals surface area contributed by atoms with E-state index in [1.807, 2.05) is 13.0 Å². The molecule has 0 aliphatic carbocycles. The van der Waals surface area contributed by atoms with Crippen LogP contribution in [0, 0.1) is 6.92 Å². The first-order chi connectivity index (χ1) is 10.0. The van der Waals surface area contributed by atoms with E-state index in [0.717, 1.165) is 37.1 Å². The van der Waals surface area contributed by atoms with Gasteiger partial charge in [0, 0.05) is 23.4 Å². The van der Waals surface area contributed by atoms with Crippen molar-refractivity contribution in [1.82, 2.24) is 0 Å². The maximum absolute atomic E-state index is 11.8. The van der Waals surface area contributed by atoms with Crippen LogP contribution in [0.1, 0.15) is 42.1 Å². The Morgan fingerprint density at radius 2 is 2.29 bits per heavy atom. The molecular weight excluding hydrogens is 290 g/mol. The number of anilines is 1. The van der Waals surface area contributed by atoms with Gasteiger partial charge in [-0.2, -0.15) is 0 Å². The summed E-state index contributed by atoms with van der Waals surface area (Å²) in [6, 6.07) is 3.85. The van der Waals surface area contributed by atoms with Gasteiger partial charge in [0.25, 0.3) is 0 Å². The van der Waals surface area contributed by atoms with E-state index in [0.29, 0.717) is 22.7 Å². The van der Waals surface area contributed by atoms with Gasteiger partial charge in [0.15, 0.2) is 0 Å². The maximum atomic E-state index is 11.8. The fourth-order valence-corrected chi connectivity index (χ4v) is 2.88. The normalized spacial score (nSPS) is 21.9. The summed E-state index contributed by atoms with van der Waals surface area (Å²) >= 11 is 6.12. The number of rotatable bonds is 4. The number of hydrogen-bond acceptors (Lipinski definition) is 4. The SMILES string of the molecule is CCC1CC(Nc2cc(Cl)cc(C(=O)OC)c2C)CCO1. The molecule has 5 heteroatoms. The summed E-state index contributed by atoms with van der Waals surface area (Å²) in [6.07, 6.45) is 3.24. The first kappa shape index (κ1) is 16.1. The molecule has 1 aromatic carbocycles. The Kier molecular flexibility index (Phi) is 5.48. The molecule has 0 aromatic heterocycles. The van der Waals surface area contributed by atoms with Gasteiger partial charge >= 0.3 is 5.97 Å². The van der Waals surface area contributed by atoms with Crippen LogP contribution in [-0.2, 0) is 9.47 Å². The van der Waals surface area contributed by atoms with Gasteiger partial charge in [-0.1, -0.05) is 18.5 Å². The van der Waals surface area contributed by atoms with E-state index in [2.05, 4.69) is 12.2 Å². The van der Waals surface area contributed by atoms with Crippen LogP contribution in [0.4, 0.5) is 5.69 Å². The molecule has 2 unspecified atom stereocenters. The van der Waals surface area contributed by atoms with Crippen molar-refractivity contribution in [3.05, 3.63) is 28.3 Å². The fraction of sp³-hybridized carbons (Fsp3) is 0.562. The van der Waals surface area contributed by atoms with Crippen molar-refractivity contribution in [2.45, 2.75) is 45.3 Å². The van der Waals surface area contributed by atoms with Crippen LogP contribution in [0.5, 0.6) is 0 Å². The number of carbonyl (C=O) groups excluding carboxylic acids is 1. The van der Waals surface area contributed by atoms with Gasteiger partial charge in [0.2, 0.25) is 0 Å². The number of esters is 1. The van der Waals surface area contributed by atoms with E-state index in [9.17, 15) is 4.79 Å². The molecule has 0 spiro atoms. The van der Waals surface area contributed by atoms with Crippen molar-refractivity contribution >= 4 is 23.3 Å². The Labute approximate surface area is 130 Å². The van der Waals surface area contributed by atoms with Crippen LogP contribution in [0.25, 0.3) is 0 Å². The van der Waals surface area contributed by atoms with Gasteiger partial charge in [-0.3, -0.25) is 0 Å². The lowest BCUT2D eigenvalue weighted by molar-refractivity contribution is 0.00924. The van der Waals surface area contributed by atoms with Crippen molar-refractivity contribution in [3.8, 4) is 0 Å². The van der Waals surface area contributed by atoms with Gasteiger partial charge < -0.3 is 14.8 Å². The highest BCUT2D eigenvalue weighted by Crippen LogP contribution is 2.28. The van der Waals surface area contributed by atoms with Crippen molar-refractivity contribution < 1.29 is 14.3 Å². The number of hydrogen-bond donors (Lipinski definition) is 1. The zero-order chi connectivity index (χ0) is 15.4. The molecule has 2 atom stereocenters. The third-order valence-corrected chi connectivity index (χ3v) is 4.18. The number of nitrogens with one attached hydrogen (secondary N) is 1. The Hall–Kier alpha value is -1.26. The average Bonchev–Trinajstić information content (AvgIpc) is 2.50. The van der Waals surface area contributed by atoms with Crippen molar-refractivity contribution in [1.29, 1.82) is 0 Å². The largest absolute Gasteiger partial charge is 0.465 e. The molecule has 116 valence electrons. The van der Waals surface area contributed by atoms with Gasteiger partial charge in [0.05, 0.1) is 18.8 Å². The molecule has 1 aliphatic rings. The molecule has 1 N–H and O–H groups in total. The lowest BCUT2D eigenvalue weighted by Crippen LogP contribution is -2.34. The molecule has 1 aromatic rings. The first-order valence-corrected chi connectivity index (χ1v) is 7.69. The number of halogens is 1. The minimum Gasteiger partial charge on any atom is -0.465 e. The van der Waals surface area contributed by atoms with E-state index < -0.39 is 0 Å². The Morgan fingerprint density at radius 3 is 2.95 bits per heavy atom. The zero-order valence-corrected chi connectivity index (χ0v) is 13.5. The van der Waals surface area contributed by atoms with Gasteiger partial charge in [-0.05, 0) is 43.9 Å². The Bertz CT molecular complexity index is 518. The molecule has 2 rings (SSSR count). The second-order valence-corrected chi connectivity index (χ2v) is 5.82. The third kappa shape index (κ3) is 3.89. The van der Waals surface area contributed by atoms with Crippen molar-refractivity contribution in [2.24, 2.45) is 0 Å². The Balaban J connectivity index is 2.19. The highest BCUT2D eigenvalue weighted by Gasteiger charge is 2.22. The predicted molar refractivity (Wildman–Crippen MR) is 84.2 cm³/mol. The second kappa shape index (κ2) is 7.14. The molecule has 0 radical (unpaired) electrons. The number of ether oxygens (including phenoxy) is 2. The van der Waals surface area contributed by atoms with E-state index in [1.165, 1.54) is 7.11 Å². The smallest absolute Gasteiger partial charge is 0.338 e. The van der Waals surface area contributed by atoms with E-state index in [4.69, 9.17) is 21.1 Å². The summed E-state index contributed by atoms with van der Waals surface area (Å²) in [5.41, 5.74) is 2.27. The van der Waals surface area contributed by atoms with Crippen molar-refractivity contribution in [3.63, 3.8) is 0 Å². The summed E-state index contributed by atoms with van der Waals surface area (Å²) in [7, 11) is 1.38. The van der Waals surface area contributed by atoms with Crippen LogP contribution in [0.2, 0.25) is 5.02 Å². The monoisotopic (exact) mass is 311 g/mol. The van der Waals surface area contributed by atoms with E-state index in [1.54, 1.807) is 6.07 Å². The fourth-order valence-electron chi connectivity index (χ4n) is 2.67. The Morgan fingerprint density at radius 1 is 1.52 bits per heavy atom. The summed E-state index contributed by atoms with van der Waals surface area (Å²) in [4.78, 5) is 11.8. The van der Waals surface area contributed by atoms with Crippen LogP contribution in [-0.4, -0.2) is 31.8 Å². The minimum atomic E-state index is -0.364. The molecule has 4 nitrogen and oxygen atoms in total. The lowest BCUT2D eigenvalue weighted by atomic mass is 10.00. The zero-order valence-electron chi connectivity index (χ0n) is 12.7. The van der Waals surface area contributed by atoms with E-state index in [-0.39, 0.29) is 5.97 Å². The number of carbonyl (C=O) groups is 1.